The molecular formula is C15H20N2O4S. The monoisotopic (exact) mass is 324 g/mol. The second kappa shape index (κ2) is 8.57. The van der Waals surface area contributed by atoms with E-state index in [0.717, 1.165) is 17.4 Å². The fourth-order valence-electron chi connectivity index (χ4n) is 1.59. The molecule has 22 heavy (non-hydrogen) atoms. The minimum Gasteiger partial charge on any atom is -0.389 e. The summed E-state index contributed by atoms with van der Waals surface area (Å²) in [6.07, 6.45) is 6.72. The van der Waals surface area contributed by atoms with Gasteiger partial charge in [-0.25, -0.2) is 0 Å². The highest BCUT2D eigenvalue weighted by Gasteiger charge is 2.11. The van der Waals surface area contributed by atoms with Crippen LogP contribution in [0.1, 0.15) is 37.2 Å². The van der Waals surface area contributed by atoms with Gasteiger partial charge in [-0.15, -0.1) is 0 Å². The third kappa shape index (κ3) is 7.26. The molecule has 0 aliphatic rings. The molecule has 7 heteroatoms. The second-order valence-electron chi connectivity index (χ2n) is 4.68. The molecule has 0 aromatic carbocycles. The average Bonchev–Trinajstić information content (AvgIpc) is 2.48. The lowest BCUT2D eigenvalue weighted by Crippen LogP contribution is -2.07. The predicted molar refractivity (Wildman–Crippen MR) is 83.5 cm³/mol. The first-order valence-corrected chi connectivity index (χ1v) is 8.47. The molecule has 1 N–H and O–H groups in total. The quantitative estimate of drug-likeness (QED) is 0.868. The van der Waals surface area contributed by atoms with Crippen molar-refractivity contribution in [1.29, 1.82) is 0 Å². The van der Waals surface area contributed by atoms with Gasteiger partial charge in [-0.05, 0) is 49.2 Å². The van der Waals surface area contributed by atoms with Crippen molar-refractivity contribution < 1.29 is 17.7 Å². The van der Waals surface area contributed by atoms with E-state index < -0.39 is 16.2 Å². The maximum Gasteiger partial charge on any atom is 0.264 e. The Morgan fingerprint density at radius 2 is 1.36 bits per heavy atom. The third-order valence-electron chi connectivity index (χ3n) is 2.68. The highest BCUT2D eigenvalue weighted by atomic mass is 32.2. The van der Waals surface area contributed by atoms with Crippen molar-refractivity contribution >= 4 is 10.1 Å². The van der Waals surface area contributed by atoms with Crippen LogP contribution in [-0.4, -0.2) is 29.7 Å². The van der Waals surface area contributed by atoms with Crippen LogP contribution in [0.3, 0.4) is 0 Å². The molecule has 0 saturated carbocycles. The molecule has 2 aromatic heterocycles. The minimum absolute atomic E-state index is 0.381. The molecule has 0 saturated heterocycles. The summed E-state index contributed by atoms with van der Waals surface area (Å²) in [7, 11) is -3.39. The van der Waals surface area contributed by atoms with Crippen LogP contribution in [0.15, 0.2) is 49.1 Å². The van der Waals surface area contributed by atoms with Gasteiger partial charge in [-0.3, -0.25) is 14.2 Å². The molecule has 2 aromatic rings. The Labute approximate surface area is 131 Å². The molecular weight excluding hydrogens is 304 g/mol. The number of aromatic nitrogens is 2. The summed E-state index contributed by atoms with van der Waals surface area (Å²) in [5.41, 5.74) is 1.70. The molecule has 0 aliphatic carbocycles. The topological polar surface area (TPSA) is 89.4 Å². The Morgan fingerprint density at radius 1 is 0.955 bits per heavy atom. The summed E-state index contributed by atoms with van der Waals surface area (Å²) < 4.78 is 26.3. The van der Waals surface area contributed by atoms with Crippen LogP contribution in [0.5, 0.6) is 0 Å². The number of pyridine rings is 2. The van der Waals surface area contributed by atoms with Crippen LogP contribution in [0, 0.1) is 0 Å². The first kappa shape index (κ1) is 18.2. The van der Waals surface area contributed by atoms with Gasteiger partial charge in [0.1, 0.15) is 0 Å². The third-order valence-corrected chi connectivity index (χ3v) is 3.32. The van der Waals surface area contributed by atoms with Crippen molar-refractivity contribution in [2.75, 3.05) is 6.26 Å². The van der Waals surface area contributed by atoms with E-state index >= 15 is 0 Å². The zero-order valence-corrected chi connectivity index (χ0v) is 13.6. The normalized spacial score (nSPS) is 13.6. The van der Waals surface area contributed by atoms with Gasteiger partial charge in [-0.2, -0.15) is 8.42 Å². The van der Waals surface area contributed by atoms with Crippen LogP contribution >= 0.6 is 0 Å². The van der Waals surface area contributed by atoms with Crippen molar-refractivity contribution in [3.8, 4) is 0 Å². The molecule has 2 unspecified atom stereocenters. The van der Waals surface area contributed by atoms with Gasteiger partial charge in [0.15, 0.2) is 0 Å². The van der Waals surface area contributed by atoms with Crippen LogP contribution in [0.2, 0.25) is 0 Å². The molecule has 2 rings (SSSR count). The molecule has 0 fully saturated rings. The van der Waals surface area contributed by atoms with Gasteiger partial charge >= 0.3 is 0 Å². The minimum atomic E-state index is -3.39. The fraction of sp³-hybridized carbons (Fsp3) is 0.333. The van der Waals surface area contributed by atoms with E-state index in [1.165, 1.54) is 0 Å². The molecule has 0 radical (unpaired) electrons. The Morgan fingerprint density at radius 3 is 1.68 bits per heavy atom. The van der Waals surface area contributed by atoms with Crippen molar-refractivity contribution in [2.24, 2.45) is 0 Å². The van der Waals surface area contributed by atoms with E-state index in [0.29, 0.717) is 0 Å². The first-order chi connectivity index (χ1) is 10.3. The molecule has 0 aliphatic heterocycles. The van der Waals surface area contributed by atoms with E-state index in [1.54, 1.807) is 62.9 Å². The first-order valence-electron chi connectivity index (χ1n) is 6.66. The van der Waals surface area contributed by atoms with E-state index in [2.05, 4.69) is 9.97 Å². The zero-order valence-electron chi connectivity index (χ0n) is 12.7. The number of hydrogen-bond donors (Lipinski definition) is 1. The Balaban J connectivity index is 0.000000235. The summed E-state index contributed by atoms with van der Waals surface area (Å²) in [6, 6.07) is 7.03. The fourth-order valence-corrected chi connectivity index (χ4v) is 2.23. The standard InChI is InChI=1S/C8H11NO3S.C7H9NO/c1-7(12-13(2,10)11)8-3-5-9-6-4-8;1-6(9)7-2-4-8-5-3-7/h3-7H,1-2H3;2-6,9H,1H3. The molecule has 120 valence electrons. The Hall–Kier alpha value is -1.83. The van der Waals surface area contributed by atoms with Crippen molar-refractivity contribution in [2.45, 2.75) is 26.1 Å². The van der Waals surface area contributed by atoms with Crippen LogP contribution in [0.4, 0.5) is 0 Å². The average molecular weight is 324 g/mol. The number of rotatable bonds is 4. The summed E-state index contributed by atoms with van der Waals surface area (Å²) in [4.78, 5) is 7.64. The molecule has 0 bridgehead atoms. The van der Waals surface area contributed by atoms with Gasteiger partial charge < -0.3 is 5.11 Å². The summed E-state index contributed by atoms with van der Waals surface area (Å²) in [5.74, 6) is 0. The molecule has 6 nitrogen and oxygen atoms in total. The van der Waals surface area contributed by atoms with E-state index in [-0.39, 0.29) is 6.10 Å². The number of hydrogen-bond acceptors (Lipinski definition) is 6. The van der Waals surface area contributed by atoms with Crippen molar-refractivity contribution in [1.82, 2.24) is 9.97 Å². The SMILES string of the molecule is CC(O)c1ccncc1.CC(OS(C)(=O)=O)c1ccncc1. The lowest BCUT2D eigenvalue weighted by Gasteiger charge is -2.10. The number of nitrogens with zero attached hydrogens (tertiary/aromatic N) is 2. The van der Waals surface area contributed by atoms with Crippen molar-refractivity contribution in [3.63, 3.8) is 0 Å². The second-order valence-corrected chi connectivity index (χ2v) is 6.28. The Bertz CT molecular complexity index is 646. The smallest absolute Gasteiger partial charge is 0.264 e. The summed E-state index contributed by atoms with van der Waals surface area (Å²) >= 11 is 0. The lowest BCUT2D eigenvalue weighted by atomic mass is 10.2. The predicted octanol–water partition coefficient (Wildman–Crippen LogP) is 2.25. The number of aliphatic hydroxyl groups is 1. The van der Waals surface area contributed by atoms with Crippen LogP contribution in [0.25, 0.3) is 0 Å². The van der Waals surface area contributed by atoms with Gasteiger partial charge in [0.2, 0.25) is 0 Å². The van der Waals surface area contributed by atoms with E-state index in [4.69, 9.17) is 9.29 Å². The van der Waals surface area contributed by atoms with Crippen LogP contribution in [-0.2, 0) is 14.3 Å². The van der Waals surface area contributed by atoms with Crippen LogP contribution < -0.4 is 0 Å². The molecule has 0 spiro atoms. The van der Waals surface area contributed by atoms with Gasteiger partial charge in [0.05, 0.1) is 18.5 Å². The maximum atomic E-state index is 10.8. The lowest BCUT2D eigenvalue weighted by molar-refractivity contribution is 0.199. The molecule has 0 amide bonds. The van der Waals surface area contributed by atoms with E-state index in [1.807, 2.05) is 0 Å². The highest BCUT2D eigenvalue weighted by molar-refractivity contribution is 7.86. The largest absolute Gasteiger partial charge is 0.389 e. The van der Waals surface area contributed by atoms with E-state index in [9.17, 15) is 8.42 Å². The molecule has 2 atom stereocenters. The van der Waals surface area contributed by atoms with Gasteiger partial charge in [0.25, 0.3) is 10.1 Å². The maximum absolute atomic E-state index is 10.8. The summed E-state index contributed by atoms with van der Waals surface area (Å²) in [6.45, 7) is 3.41. The molecule has 2 heterocycles. The van der Waals surface area contributed by atoms with Gasteiger partial charge in [-0.1, -0.05) is 0 Å². The Kier molecular flexibility index (Phi) is 7.10. The van der Waals surface area contributed by atoms with Crippen molar-refractivity contribution in [3.05, 3.63) is 60.2 Å². The van der Waals surface area contributed by atoms with Gasteiger partial charge in [0, 0.05) is 24.8 Å². The highest BCUT2D eigenvalue weighted by Crippen LogP contribution is 2.16. The number of aliphatic hydroxyl groups excluding tert-OH is 1. The zero-order chi connectivity index (χ0) is 16.6. The summed E-state index contributed by atoms with van der Waals surface area (Å²) in [5, 5.41) is 9.00.